The minimum absolute atomic E-state index is 0.195. The molecule has 0 amide bonds. The molecule has 2 heterocycles. The van der Waals surface area contributed by atoms with Gasteiger partial charge in [-0.1, -0.05) is 30.3 Å². The van der Waals surface area contributed by atoms with Gasteiger partial charge in [-0.3, -0.25) is 4.40 Å². The highest BCUT2D eigenvalue weighted by atomic mass is 19.1. The Hall–Kier alpha value is -3.34. The summed E-state index contributed by atoms with van der Waals surface area (Å²) in [4.78, 5) is 4.62. The first kappa shape index (κ1) is 15.2. The Morgan fingerprint density at radius 1 is 0.960 bits per heavy atom. The van der Waals surface area contributed by atoms with Gasteiger partial charge in [-0.05, 0) is 36.4 Å². The van der Waals surface area contributed by atoms with Gasteiger partial charge in [-0.15, -0.1) is 0 Å². The third kappa shape index (κ3) is 2.70. The van der Waals surface area contributed by atoms with E-state index in [9.17, 15) is 4.39 Å². The molecule has 0 unspecified atom stereocenters. The Kier molecular flexibility index (Phi) is 3.82. The molecule has 0 saturated heterocycles. The average Bonchev–Trinajstić information content (AvgIpc) is 3.01. The molecular weight excluding hydrogens is 317 g/mol. The lowest BCUT2D eigenvalue weighted by Gasteiger charge is -2.10. The van der Waals surface area contributed by atoms with Crippen LogP contribution in [0.4, 0.5) is 15.9 Å². The van der Waals surface area contributed by atoms with Crippen LogP contribution in [0, 0.1) is 5.82 Å². The van der Waals surface area contributed by atoms with Crippen LogP contribution in [0.3, 0.4) is 0 Å². The second-order valence-corrected chi connectivity index (χ2v) is 5.55. The summed E-state index contributed by atoms with van der Waals surface area (Å²) < 4.78 is 21.8. The van der Waals surface area contributed by atoms with Crippen LogP contribution in [-0.2, 0) is 0 Å². The third-order valence-electron chi connectivity index (χ3n) is 4.00. The molecule has 0 aliphatic rings. The molecule has 4 nitrogen and oxygen atoms in total. The molecule has 0 fully saturated rings. The molecule has 1 N–H and O–H groups in total. The number of hydrogen-bond donors (Lipinski definition) is 1. The Bertz CT molecular complexity index is 1030. The molecule has 0 bridgehead atoms. The van der Waals surface area contributed by atoms with Crippen LogP contribution >= 0.6 is 0 Å². The minimum Gasteiger partial charge on any atom is -0.494 e. The van der Waals surface area contributed by atoms with Crippen LogP contribution in [0.1, 0.15) is 0 Å². The molecule has 0 saturated carbocycles. The number of aromatic nitrogens is 2. The van der Waals surface area contributed by atoms with Crippen molar-refractivity contribution in [3.05, 3.63) is 78.7 Å². The summed E-state index contributed by atoms with van der Waals surface area (Å²) in [6.07, 6.45) is 1.90. The number of halogens is 1. The van der Waals surface area contributed by atoms with Gasteiger partial charge in [0.1, 0.15) is 17.2 Å². The van der Waals surface area contributed by atoms with Crippen LogP contribution in [0.15, 0.2) is 72.9 Å². The van der Waals surface area contributed by atoms with Crippen LogP contribution in [0.5, 0.6) is 5.75 Å². The zero-order valence-corrected chi connectivity index (χ0v) is 13.6. The van der Waals surface area contributed by atoms with E-state index in [4.69, 9.17) is 4.74 Å². The smallest absolute Gasteiger partial charge is 0.174 e. The number of rotatable bonds is 4. The van der Waals surface area contributed by atoms with Crippen molar-refractivity contribution in [3.8, 4) is 17.0 Å². The van der Waals surface area contributed by atoms with Crippen molar-refractivity contribution in [1.29, 1.82) is 0 Å². The number of pyridine rings is 1. The number of para-hydroxylation sites is 1. The molecule has 0 spiro atoms. The molecule has 124 valence electrons. The number of fused-ring (bicyclic) bond motifs is 1. The highest BCUT2D eigenvalue weighted by Gasteiger charge is 2.19. The van der Waals surface area contributed by atoms with Gasteiger partial charge in [0.2, 0.25) is 0 Å². The fourth-order valence-electron chi connectivity index (χ4n) is 2.81. The van der Waals surface area contributed by atoms with E-state index in [0.29, 0.717) is 17.1 Å². The van der Waals surface area contributed by atoms with E-state index in [2.05, 4.69) is 10.3 Å². The van der Waals surface area contributed by atoms with E-state index in [1.54, 1.807) is 18.2 Å². The Labute approximate surface area is 144 Å². The summed E-state index contributed by atoms with van der Waals surface area (Å²) in [7, 11) is 1.45. The molecular formula is C20H16FN3O. The van der Waals surface area contributed by atoms with E-state index < -0.39 is 5.82 Å². The van der Waals surface area contributed by atoms with Crippen molar-refractivity contribution in [1.82, 2.24) is 9.38 Å². The van der Waals surface area contributed by atoms with Crippen molar-refractivity contribution >= 4 is 17.2 Å². The molecule has 4 rings (SSSR count). The first-order valence-corrected chi connectivity index (χ1v) is 7.90. The van der Waals surface area contributed by atoms with Crippen molar-refractivity contribution < 1.29 is 9.13 Å². The lowest BCUT2D eigenvalue weighted by molar-refractivity contribution is 0.387. The van der Waals surface area contributed by atoms with Gasteiger partial charge in [0.05, 0.1) is 7.11 Å². The molecule has 25 heavy (non-hydrogen) atoms. The molecule has 5 heteroatoms. The minimum atomic E-state index is -0.426. The quantitative estimate of drug-likeness (QED) is 0.578. The maximum atomic E-state index is 14.8. The number of hydrogen-bond acceptors (Lipinski definition) is 3. The highest BCUT2D eigenvalue weighted by molar-refractivity contribution is 5.80. The van der Waals surface area contributed by atoms with E-state index >= 15 is 0 Å². The van der Waals surface area contributed by atoms with E-state index in [1.807, 2.05) is 59.1 Å². The van der Waals surface area contributed by atoms with Gasteiger partial charge in [0, 0.05) is 17.4 Å². The third-order valence-corrected chi connectivity index (χ3v) is 4.00. The van der Waals surface area contributed by atoms with Crippen LogP contribution in [0.2, 0.25) is 0 Å². The van der Waals surface area contributed by atoms with Gasteiger partial charge in [-0.25, -0.2) is 9.37 Å². The Morgan fingerprint density at radius 2 is 1.76 bits per heavy atom. The summed E-state index contributed by atoms with van der Waals surface area (Å²) in [6.45, 7) is 0. The molecule has 0 radical (unpaired) electrons. The van der Waals surface area contributed by atoms with Gasteiger partial charge in [-0.2, -0.15) is 0 Å². The lowest BCUT2D eigenvalue weighted by atomic mass is 10.1. The lowest BCUT2D eigenvalue weighted by Crippen LogP contribution is -1.98. The Morgan fingerprint density at radius 3 is 2.56 bits per heavy atom. The maximum Gasteiger partial charge on any atom is 0.174 e. The summed E-state index contributed by atoms with van der Waals surface area (Å²) in [5, 5.41) is 3.35. The zero-order valence-electron chi connectivity index (χ0n) is 13.6. The second kappa shape index (κ2) is 6.28. The fourth-order valence-corrected chi connectivity index (χ4v) is 2.81. The molecule has 0 aliphatic carbocycles. The fraction of sp³-hybridized carbons (Fsp3) is 0.0500. The predicted octanol–water partition coefficient (Wildman–Crippen LogP) is 4.89. The first-order chi connectivity index (χ1) is 12.3. The molecule has 2 aromatic heterocycles. The van der Waals surface area contributed by atoms with E-state index in [0.717, 1.165) is 11.3 Å². The summed E-state index contributed by atoms with van der Waals surface area (Å²) in [5.74, 6) is 0.471. The van der Waals surface area contributed by atoms with Crippen LogP contribution < -0.4 is 10.1 Å². The normalized spacial score (nSPS) is 10.8. The van der Waals surface area contributed by atoms with Gasteiger partial charge in [0.15, 0.2) is 11.6 Å². The summed E-state index contributed by atoms with van der Waals surface area (Å²) in [5.41, 5.74) is 2.56. The van der Waals surface area contributed by atoms with E-state index in [-0.39, 0.29) is 5.75 Å². The zero-order chi connectivity index (χ0) is 17.2. The van der Waals surface area contributed by atoms with E-state index in [1.165, 1.54) is 7.11 Å². The Balaban J connectivity index is 1.93. The van der Waals surface area contributed by atoms with Crippen molar-refractivity contribution in [3.63, 3.8) is 0 Å². The molecule has 0 aliphatic heterocycles. The second-order valence-electron chi connectivity index (χ2n) is 5.55. The number of ether oxygens (including phenoxy) is 1. The molecule has 4 aromatic rings. The van der Waals surface area contributed by atoms with Gasteiger partial charge in [0.25, 0.3) is 0 Å². The van der Waals surface area contributed by atoms with Gasteiger partial charge >= 0.3 is 0 Å². The number of benzene rings is 2. The average molecular weight is 333 g/mol. The summed E-state index contributed by atoms with van der Waals surface area (Å²) >= 11 is 0. The maximum absolute atomic E-state index is 14.8. The SMILES string of the molecule is COc1cccc(-c2nc3ccccn3c2Nc2ccccc2)c1F. The first-order valence-electron chi connectivity index (χ1n) is 7.90. The van der Waals surface area contributed by atoms with Crippen LogP contribution in [-0.4, -0.2) is 16.5 Å². The summed E-state index contributed by atoms with van der Waals surface area (Å²) in [6, 6.07) is 20.5. The van der Waals surface area contributed by atoms with Crippen molar-refractivity contribution in [2.75, 3.05) is 12.4 Å². The predicted molar refractivity (Wildman–Crippen MR) is 96.9 cm³/mol. The topological polar surface area (TPSA) is 38.6 Å². The molecule has 0 atom stereocenters. The van der Waals surface area contributed by atoms with Crippen molar-refractivity contribution in [2.45, 2.75) is 0 Å². The molecule has 2 aromatic carbocycles. The highest BCUT2D eigenvalue weighted by Crippen LogP contribution is 2.35. The van der Waals surface area contributed by atoms with Crippen molar-refractivity contribution in [2.24, 2.45) is 0 Å². The largest absolute Gasteiger partial charge is 0.494 e. The van der Waals surface area contributed by atoms with Gasteiger partial charge < -0.3 is 10.1 Å². The number of imidazole rings is 1. The van der Waals surface area contributed by atoms with Crippen LogP contribution in [0.25, 0.3) is 16.9 Å². The number of methoxy groups -OCH3 is 1. The monoisotopic (exact) mass is 333 g/mol. The number of anilines is 2. The number of nitrogens with zero attached hydrogens (tertiary/aromatic N) is 2. The standard InChI is InChI=1S/C20H16FN3O/c1-25-16-11-7-10-15(18(16)21)19-20(22-14-8-3-2-4-9-14)24-13-6-5-12-17(24)23-19/h2-13,22H,1H3. The number of nitrogens with one attached hydrogen (secondary N) is 1.